The van der Waals surface area contributed by atoms with Gasteiger partial charge < -0.3 is 5.73 Å². The molecule has 0 bridgehead atoms. The van der Waals surface area contributed by atoms with E-state index in [9.17, 15) is 8.60 Å². The van der Waals surface area contributed by atoms with Gasteiger partial charge in [-0.2, -0.15) is 0 Å². The summed E-state index contributed by atoms with van der Waals surface area (Å²) >= 11 is 5.79. The Morgan fingerprint density at radius 3 is 2.67 bits per heavy atom. The molecule has 0 spiro atoms. The van der Waals surface area contributed by atoms with Crippen molar-refractivity contribution in [2.24, 2.45) is 0 Å². The first-order valence-electron chi connectivity index (χ1n) is 5.24. The zero-order valence-electron chi connectivity index (χ0n) is 9.40. The average molecular weight is 284 g/mol. The first-order valence-corrected chi connectivity index (χ1v) is 6.94. The van der Waals surface area contributed by atoms with Crippen LogP contribution < -0.4 is 5.73 Å². The van der Waals surface area contributed by atoms with E-state index in [1.807, 2.05) is 0 Å². The Kier molecular flexibility index (Phi) is 3.99. The first-order chi connectivity index (χ1) is 8.56. The molecule has 0 aliphatic rings. The predicted octanol–water partition coefficient (Wildman–Crippen LogP) is 3.37. The molecule has 1 unspecified atom stereocenters. The fourth-order valence-electron chi connectivity index (χ4n) is 1.53. The number of anilines is 1. The van der Waals surface area contributed by atoms with Crippen LogP contribution in [0.15, 0.2) is 47.4 Å². The van der Waals surface area contributed by atoms with Crippen molar-refractivity contribution in [3.05, 3.63) is 58.9 Å². The summed E-state index contributed by atoms with van der Waals surface area (Å²) < 4.78 is 25.1. The van der Waals surface area contributed by atoms with Gasteiger partial charge in [0.15, 0.2) is 0 Å². The molecule has 94 valence electrons. The summed E-state index contributed by atoms with van der Waals surface area (Å²) in [6, 6.07) is 10.8. The van der Waals surface area contributed by atoms with E-state index in [4.69, 9.17) is 17.3 Å². The zero-order valence-corrected chi connectivity index (χ0v) is 11.0. The third-order valence-corrected chi connectivity index (χ3v) is 4.04. The van der Waals surface area contributed by atoms with Crippen molar-refractivity contribution in [1.82, 2.24) is 0 Å². The normalized spacial score (nSPS) is 12.3. The molecule has 0 aliphatic heterocycles. The molecule has 0 saturated carbocycles. The number of benzene rings is 2. The molecule has 0 aromatic heterocycles. The highest BCUT2D eigenvalue weighted by atomic mass is 35.5. The lowest BCUT2D eigenvalue weighted by atomic mass is 10.2. The molecule has 0 radical (unpaired) electrons. The third-order valence-electron chi connectivity index (χ3n) is 2.45. The van der Waals surface area contributed by atoms with E-state index in [1.54, 1.807) is 24.3 Å². The van der Waals surface area contributed by atoms with Gasteiger partial charge in [-0.3, -0.25) is 4.21 Å². The SMILES string of the molecule is Nc1cc(Cl)ccc1CS(=O)c1cccc(F)c1. The Hall–Kier alpha value is -1.39. The van der Waals surface area contributed by atoms with Crippen LogP contribution in [0.25, 0.3) is 0 Å². The summed E-state index contributed by atoms with van der Waals surface area (Å²) in [5.41, 5.74) is 7.02. The minimum Gasteiger partial charge on any atom is -0.398 e. The first kappa shape index (κ1) is 13.1. The Morgan fingerprint density at radius 1 is 1.22 bits per heavy atom. The van der Waals surface area contributed by atoms with Crippen LogP contribution >= 0.6 is 11.6 Å². The quantitative estimate of drug-likeness (QED) is 0.878. The second-order valence-electron chi connectivity index (χ2n) is 3.79. The fourth-order valence-corrected chi connectivity index (χ4v) is 2.90. The van der Waals surface area contributed by atoms with Gasteiger partial charge in [-0.1, -0.05) is 23.7 Å². The Labute approximate surface area is 112 Å². The fraction of sp³-hybridized carbons (Fsp3) is 0.0769. The van der Waals surface area contributed by atoms with Gasteiger partial charge in [0.2, 0.25) is 0 Å². The van der Waals surface area contributed by atoms with Gasteiger partial charge in [-0.25, -0.2) is 4.39 Å². The van der Waals surface area contributed by atoms with Crippen LogP contribution in [0.5, 0.6) is 0 Å². The largest absolute Gasteiger partial charge is 0.398 e. The Morgan fingerprint density at radius 2 is 2.00 bits per heavy atom. The molecule has 2 N–H and O–H groups in total. The van der Waals surface area contributed by atoms with Crippen LogP contribution in [-0.4, -0.2) is 4.21 Å². The van der Waals surface area contributed by atoms with E-state index in [0.29, 0.717) is 15.6 Å². The van der Waals surface area contributed by atoms with Gasteiger partial charge in [0.25, 0.3) is 0 Å². The highest BCUT2D eigenvalue weighted by molar-refractivity contribution is 7.84. The third kappa shape index (κ3) is 3.09. The van der Waals surface area contributed by atoms with E-state index >= 15 is 0 Å². The van der Waals surface area contributed by atoms with Gasteiger partial charge in [0.05, 0.1) is 16.6 Å². The maximum atomic E-state index is 13.0. The highest BCUT2D eigenvalue weighted by Crippen LogP contribution is 2.21. The minimum atomic E-state index is -1.32. The number of nitrogen functional groups attached to an aromatic ring is 1. The molecule has 5 heteroatoms. The summed E-state index contributed by atoms with van der Waals surface area (Å²) in [6.45, 7) is 0. The van der Waals surface area contributed by atoms with E-state index in [0.717, 1.165) is 5.56 Å². The smallest absolute Gasteiger partial charge is 0.124 e. The van der Waals surface area contributed by atoms with Gasteiger partial charge in [-0.15, -0.1) is 0 Å². The lowest BCUT2D eigenvalue weighted by molar-refractivity contribution is 0.622. The molecule has 0 heterocycles. The van der Waals surface area contributed by atoms with Crippen LogP contribution in [0.3, 0.4) is 0 Å². The zero-order chi connectivity index (χ0) is 13.1. The molecule has 2 aromatic rings. The Balaban J connectivity index is 2.21. The molecule has 2 nitrogen and oxygen atoms in total. The summed E-state index contributed by atoms with van der Waals surface area (Å²) in [7, 11) is -1.32. The Bertz CT molecular complexity index is 603. The molecule has 2 aromatic carbocycles. The van der Waals surface area contributed by atoms with Gasteiger partial charge in [-0.05, 0) is 35.9 Å². The van der Waals surface area contributed by atoms with E-state index in [-0.39, 0.29) is 5.75 Å². The van der Waals surface area contributed by atoms with Crippen LogP contribution in [0.2, 0.25) is 5.02 Å². The molecular weight excluding hydrogens is 273 g/mol. The van der Waals surface area contributed by atoms with E-state index in [1.165, 1.54) is 18.2 Å². The van der Waals surface area contributed by atoms with Gasteiger partial charge in [0.1, 0.15) is 5.82 Å². The number of hydrogen-bond acceptors (Lipinski definition) is 2. The number of rotatable bonds is 3. The topological polar surface area (TPSA) is 43.1 Å². The summed E-state index contributed by atoms with van der Waals surface area (Å²) in [5.74, 6) is -0.156. The molecule has 2 rings (SSSR count). The number of hydrogen-bond donors (Lipinski definition) is 1. The van der Waals surface area contributed by atoms with Gasteiger partial charge >= 0.3 is 0 Å². The molecule has 0 amide bonds. The summed E-state index contributed by atoms with van der Waals surface area (Å²) in [4.78, 5) is 0.448. The van der Waals surface area contributed by atoms with Crippen molar-refractivity contribution in [3.8, 4) is 0 Å². The van der Waals surface area contributed by atoms with Crippen LogP contribution in [0.1, 0.15) is 5.56 Å². The van der Waals surface area contributed by atoms with Crippen molar-refractivity contribution < 1.29 is 8.60 Å². The van der Waals surface area contributed by atoms with Crippen molar-refractivity contribution in [3.63, 3.8) is 0 Å². The predicted molar refractivity (Wildman–Crippen MR) is 72.4 cm³/mol. The maximum Gasteiger partial charge on any atom is 0.124 e. The number of nitrogens with two attached hydrogens (primary N) is 1. The second-order valence-corrected chi connectivity index (χ2v) is 5.68. The molecule has 18 heavy (non-hydrogen) atoms. The van der Waals surface area contributed by atoms with Crippen molar-refractivity contribution >= 4 is 28.1 Å². The second kappa shape index (κ2) is 5.50. The molecule has 0 aliphatic carbocycles. The van der Waals surface area contributed by atoms with Crippen molar-refractivity contribution in [1.29, 1.82) is 0 Å². The molecular formula is C13H11ClFNOS. The lowest BCUT2D eigenvalue weighted by Crippen LogP contribution is -2.00. The summed E-state index contributed by atoms with van der Waals surface area (Å²) in [5, 5.41) is 0.535. The van der Waals surface area contributed by atoms with Crippen LogP contribution in [0, 0.1) is 5.82 Å². The van der Waals surface area contributed by atoms with E-state index in [2.05, 4.69) is 0 Å². The van der Waals surface area contributed by atoms with Crippen molar-refractivity contribution in [2.75, 3.05) is 5.73 Å². The van der Waals surface area contributed by atoms with Crippen LogP contribution in [0.4, 0.5) is 10.1 Å². The molecule has 0 fully saturated rings. The average Bonchev–Trinajstić information content (AvgIpc) is 2.32. The van der Waals surface area contributed by atoms with Crippen molar-refractivity contribution in [2.45, 2.75) is 10.6 Å². The minimum absolute atomic E-state index is 0.243. The van der Waals surface area contributed by atoms with Gasteiger partial charge in [0, 0.05) is 15.6 Å². The summed E-state index contributed by atoms with van der Waals surface area (Å²) in [6.07, 6.45) is 0. The molecule has 0 saturated heterocycles. The monoisotopic (exact) mass is 283 g/mol. The number of halogens is 2. The lowest BCUT2D eigenvalue weighted by Gasteiger charge is -2.06. The maximum absolute atomic E-state index is 13.0. The van der Waals surface area contributed by atoms with Crippen LogP contribution in [-0.2, 0) is 16.6 Å². The van der Waals surface area contributed by atoms with E-state index < -0.39 is 16.6 Å². The highest BCUT2D eigenvalue weighted by Gasteiger charge is 2.08. The standard InChI is InChI=1S/C13H11ClFNOS/c14-10-5-4-9(13(16)6-10)8-18(17)12-3-1-2-11(15)7-12/h1-7H,8,16H2. The molecule has 1 atom stereocenters.